The molecule has 5 heteroatoms. The van der Waals surface area contributed by atoms with E-state index in [9.17, 15) is 13.6 Å². The van der Waals surface area contributed by atoms with Gasteiger partial charge in [-0.2, -0.15) is 4.39 Å². The highest BCUT2D eigenvalue weighted by molar-refractivity contribution is 5.69. The molecule has 0 fully saturated rings. The smallest absolute Gasteiger partial charge is 0.306 e. The minimum atomic E-state index is -1.34. The first kappa shape index (κ1) is 11.4. The van der Waals surface area contributed by atoms with Crippen LogP contribution in [0.2, 0.25) is 0 Å². The van der Waals surface area contributed by atoms with Gasteiger partial charge in [0.05, 0.1) is 5.92 Å². The summed E-state index contributed by atoms with van der Waals surface area (Å²) < 4.78 is 26.0. The van der Waals surface area contributed by atoms with E-state index in [1.165, 1.54) is 13.0 Å². The van der Waals surface area contributed by atoms with Gasteiger partial charge in [-0.05, 0) is 18.1 Å². The van der Waals surface area contributed by atoms with Crippen LogP contribution >= 0.6 is 0 Å². The third kappa shape index (κ3) is 2.43. The van der Waals surface area contributed by atoms with E-state index in [2.05, 4.69) is 0 Å². The zero-order valence-corrected chi connectivity index (χ0v) is 8.00. The fourth-order valence-electron chi connectivity index (χ4n) is 1.15. The zero-order chi connectivity index (χ0) is 11.6. The van der Waals surface area contributed by atoms with Crippen LogP contribution in [0.1, 0.15) is 12.5 Å². The van der Waals surface area contributed by atoms with Crippen LogP contribution in [0, 0.1) is 17.6 Å². The molecule has 1 aromatic carbocycles. The third-order valence-electron chi connectivity index (χ3n) is 2.09. The largest absolute Gasteiger partial charge is 0.505 e. The number of carboxylic acids is 1. The summed E-state index contributed by atoms with van der Waals surface area (Å²) in [5.41, 5.74) is -0.0554. The first-order valence-corrected chi connectivity index (χ1v) is 4.32. The van der Waals surface area contributed by atoms with E-state index in [-0.39, 0.29) is 12.0 Å². The molecule has 15 heavy (non-hydrogen) atoms. The maximum absolute atomic E-state index is 13.2. The second kappa shape index (κ2) is 4.25. The number of carboxylic acid groups (broad SMARTS) is 1. The van der Waals surface area contributed by atoms with Crippen LogP contribution in [0.3, 0.4) is 0 Å². The van der Waals surface area contributed by atoms with Crippen LogP contribution < -0.4 is 0 Å². The van der Waals surface area contributed by atoms with Gasteiger partial charge < -0.3 is 10.2 Å². The number of benzene rings is 1. The summed E-state index contributed by atoms with van der Waals surface area (Å²) >= 11 is 0. The zero-order valence-electron chi connectivity index (χ0n) is 8.00. The van der Waals surface area contributed by atoms with Gasteiger partial charge in [0.2, 0.25) is 5.82 Å². The number of halogens is 2. The molecule has 0 aliphatic rings. The number of carbonyl (C=O) groups is 1. The number of aliphatic carboxylic acids is 1. The third-order valence-corrected chi connectivity index (χ3v) is 2.09. The molecule has 0 saturated carbocycles. The average Bonchev–Trinajstić information content (AvgIpc) is 2.18. The van der Waals surface area contributed by atoms with Crippen LogP contribution in [0.4, 0.5) is 8.78 Å². The normalized spacial score (nSPS) is 12.5. The van der Waals surface area contributed by atoms with Crippen molar-refractivity contribution in [1.82, 2.24) is 0 Å². The summed E-state index contributed by atoms with van der Waals surface area (Å²) in [5.74, 6) is -5.20. The van der Waals surface area contributed by atoms with Gasteiger partial charge in [0.25, 0.3) is 0 Å². The second-order valence-electron chi connectivity index (χ2n) is 3.32. The van der Waals surface area contributed by atoms with E-state index >= 15 is 0 Å². The lowest BCUT2D eigenvalue weighted by Crippen LogP contribution is -2.13. The molecule has 0 aliphatic carbocycles. The highest BCUT2D eigenvalue weighted by Gasteiger charge is 2.18. The van der Waals surface area contributed by atoms with Crippen molar-refractivity contribution in [2.45, 2.75) is 13.3 Å². The average molecular weight is 216 g/mol. The topological polar surface area (TPSA) is 57.5 Å². The lowest BCUT2D eigenvalue weighted by atomic mass is 10.0. The van der Waals surface area contributed by atoms with Crippen LogP contribution in [0.25, 0.3) is 0 Å². The van der Waals surface area contributed by atoms with E-state index in [1.54, 1.807) is 0 Å². The Morgan fingerprint density at radius 3 is 2.53 bits per heavy atom. The molecule has 0 radical (unpaired) electrons. The van der Waals surface area contributed by atoms with E-state index in [0.717, 1.165) is 6.07 Å². The van der Waals surface area contributed by atoms with Gasteiger partial charge >= 0.3 is 5.97 Å². The van der Waals surface area contributed by atoms with Crippen LogP contribution in [-0.4, -0.2) is 16.2 Å². The van der Waals surface area contributed by atoms with Gasteiger partial charge in [0, 0.05) is 0 Å². The Balaban J connectivity index is 2.97. The summed E-state index contributed by atoms with van der Waals surface area (Å²) in [6.45, 7) is 1.40. The Morgan fingerprint density at radius 2 is 2.00 bits per heavy atom. The molecule has 0 aromatic heterocycles. The molecule has 0 saturated heterocycles. The Kier molecular flexibility index (Phi) is 3.24. The molecule has 0 aliphatic heterocycles. The Morgan fingerprint density at radius 1 is 1.40 bits per heavy atom. The molecular weight excluding hydrogens is 206 g/mol. The maximum atomic E-state index is 13.2. The first-order chi connectivity index (χ1) is 6.93. The predicted molar refractivity (Wildman–Crippen MR) is 48.5 cm³/mol. The number of phenolic OH excluding ortho intramolecular Hbond substituents is 1. The molecule has 1 unspecified atom stereocenters. The van der Waals surface area contributed by atoms with E-state index in [1.807, 2.05) is 0 Å². The van der Waals surface area contributed by atoms with Crippen molar-refractivity contribution in [1.29, 1.82) is 0 Å². The van der Waals surface area contributed by atoms with Crippen molar-refractivity contribution in [3.63, 3.8) is 0 Å². The number of hydrogen-bond donors (Lipinski definition) is 2. The van der Waals surface area contributed by atoms with Gasteiger partial charge in [0.1, 0.15) is 0 Å². The van der Waals surface area contributed by atoms with Gasteiger partial charge in [-0.15, -0.1) is 0 Å². The summed E-state index contributed by atoms with van der Waals surface area (Å²) in [6.07, 6.45) is -0.113. The van der Waals surface area contributed by atoms with Crippen molar-refractivity contribution in [3.05, 3.63) is 29.3 Å². The summed E-state index contributed by atoms with van der Waals surface area (Å²) in [4.78, 5) is 10.5. The monoisotopic (exact) mass is 216 g/mol. The fraction of sp³-hybridized carbons (Fsp3) is 0.300. The number of aromatic hydroxyl groups is 1. The summed E-state index contributed by atoms with van der Waals surface area (Å²) in [5, 5.41) is 17.4. The van der Waals surface area contributed by atoms with Crippen LogP contribution in [0.5, 0.6) is 5.75 Å². The molecule has 0 bridgehead atoms. The van der Waals surface area contributed by atoms with Gasteiger partial charge in [-0.3, -0.25) is 4.79 Å². The van der Waals surface area contributed by atoms with Crippen molar-refractivity contribution in [2.24, 2.45) is 5.92 Å². The van der Waals surface area contributed by atoms with E-state index in [0.29, 0.717) is 0 Å². The molecule has 1 aromatic rings. The standard InChI is InChI=1S/C10H10F2O3/c1-5(10(14)15)4-6-2-3-7(13)9(12)8(6)11/h2-3,5,13H,4H2,1H3,(H,14,15). The molecule has 0 spiro atoms. The molecule has 3 nitrogen and oxygen atoms in total. The number of hydrogen-bond acceptors (Lipinski definition) is 2. The fourth-order valence-corrected chi connectivity index (χ4v) is 1.15. The molecule has 0 amide bonds. The van der Waals surface area contributed by atoms with Crippen LogP contribution in [-0.2, 0) is 11.2 Å². The maximum Gasteiger partial charge on any atom is 0.306 e. The van der Waals surface area contributed by atoms with Gasteiger partial charge in [-0.1, -0.05) is 13.0 Å². The SMILES string of the molecule is CC(Cc1ccc(O)c(F)c1F)C(=O)O. The molecule has 1 rings (SSSR count). The lowest BCUT2D eigenvalue weighted by Gasteiger charge is -2.08. The summed E-state index contributed by atoms with van der Waals surface area (Å²) in [6, 6.07) is 2.18. The summed E-state index contributed by atoms with van der Waals surface area (Å²) in [7, 11) is 0. The molecule has 82 valence electrons. The van der Waals surface area contributed by atoms with Gasteiger partial charge in [-0.25, -0.2) is 4.39 Å². The van der Waals surface area contributed by atoms with Crippen molar-refractivity contribution < 1.29 is 23.8 Å². The molecule has 2 N–H and O–H groups in total. The number of rotatable bonds is 3. The van der Waals surface area contributed by atoms with E-state index in [4.69, 9.17) is 10.2 Å². The Hall–Kier alpha value is -1.65. The lowest BCUT2D eigenvalue weighted by molar-refractivity contribution is -0.141. The quantitative estimate of drug-likeness (QED) is 0.811. The molecule has 1 atom stereocenters. The predicted octanol–water partition coefficient (Wildman–Crippen LogP) is 1.93. The minimum Gasteiger partial charge on any atom is -0.505 e. The Labute approximate surface area is 85.0 Å². The first-order valence-electron chi connectivity index (χ1n) is 4.32. The van der Waals surface area contributed by atoms with Gasteiger partial charge in [0.15, 0.2) is 11.6 Å². The van der Waals surface area contributed by atoms with Crippen molar-refractivity contribution >= 4 is 5.97 Å². The minimum absolute atomic E-state index is 0.0554. The highest BCUT2D eigenvalue weighted by atomic mass is 19.2. The van der Waals surface area contributed by atoms with Crippen LogP contribution in [0.15, 0.2) is 12.1 Å². The molecule has 0 heterocycles. The van der Waals surface area contributed by atoms with Crippen molar-refractivity contribution in [3.8, 4) is 5.75 Å². The Bertz CT molecular complexity index is 390. The van der Waals surface area contributed by atoms with Crippen molar-refractivity contribution in [2.75, 3.05) is 0 Å². The second-order valence-corrected chi connectivity index (χ2v) is 3.32. The molecular formula is C10H10F2O3. The highest BCUT2D eigenvalue weighted by Crippen LogP contribution is 2.23. The number of phenols is 1. The van der Waals surface area contributed by atoms with E-state index < -0.39 is 29.3 Å².